The van der Waals surface area contributed by atoms with Crippen molar-refractivity contribution in [2.75, 3.05) is 60.1 Å². The molecule has 0 aliphatic carbocycles. The Labute approximate surface area is 155 Å². The van der Waals surface area contributed by atoms with Gasteiger partial charge in [0.1, 0.15) is 5.75 Å². The lowest BCUT2D eigenvalue weighted by Gasteiger charge is -2.30. The van der Waals surface area contributed by atoms with Crippen molar-refractivity contribution in [3.8, 4) is 5.75 Å². The summed E-state index contributed by atoms with van der Waals surface area (Å²) >= 11 is 0. The molecule has 0 atom stereocenters. The number of hydrogen-bond donors (Lipinski definition) is 1. The van der Waals surface area contributed by atoms with E-state index in [9.17, 15) is 13.2 Å². The number of rotatable bonds is 9. The van der Waals surface area contributed by atoms with Crippen LogP contribution in [-0.4, -0.2) is 83.6 Å². The van der Waals surface area contributed by atoms with Gasteiger partial charge in [0.05, 0.1) is 18.6 Å². The molecular formula is C17H27N3O5S. The largest absolute Gasteiger partial charge is 0.497 e. The number of nitrogens with one attached hydrogen (secondary N) is 1. The van der Waals surface area contributed by atoms with E-state index >= 15 is 0 Å². The van der Waals surface area contributed by atoms with Crippen molar-refractivity contribution in [3.63, 3.8) is 0 Å². The number of benzene rings is 1. The first-order valence-corrected chi connectivity index (χ1v) is 10.0. The molecule has 1 aromatic carbocycles. The molecule has 0 spiro atoms. The Balaban J connectivity index is 2.16. The highest BCUT2D eigenvalue weighted by atomic mass is 32.2. The highest BCUT2D eigenvalue weighted by Crippen LogP contribution is 2.20. The lowest BCUT2D eigenvalue weighted by molar-refractivity contribution is -0.132. The van der Waals surface area contributed by atoms with Crippen LogP contribution in [0.4, 0.5) is 0 Å². The van der Waals surface area contributed by atoms with Crippen molar-refractivity contribution < 1.29 is 22.7 Å². The van der Waals surface area contributed by atoms with Crippen LogP contribution >= 0.6 is 0 Å². The molecule has 26 heavy (non-hydrogen) atoms. The molecule has 1 heterocycles. The Morgan fingerprint density at radius 2 is 1.85 bits per heavy atom. The summed E-state index contributed by atoms with van der Waals surface area (Å²) < 4.78 is 37.3. The van der Waals surface area contributed by atoms with Gasteiger partial charge in [-0.05, 0) is 30.7 Å². The zero-order valence-corrected chi connectivity index (χ0v) is 16.1. The van der Waals surface area contributed by atoms with Gasteiger partial charge in [-0.15, -0.1) is 0 Å². The van der Waals surface area contributed by atoms with E-state index in [1.165, 1.54) is 23.5 Å². The van der Waals surface area contributed by atoms with Crippen LogP contribution < -0.4 is 10.1 Å². The van der Waals surface area contributed by atoms with Gasteiger partial charge in [-0.1, -0.05) is 0 Å². The lowest BCUT2D eigenvalue weighted by atomic mass is 10.3. The van der Waals surface area contributed by atoms with Crippen LogP contribution in [0.1, 0.15) is 6.42 Å². The van der Waals surface area contributed by atoms with Crippen LogP contribution in [0.5, 0.6) is 5.75 Å². The van der Waals surface area contributed by atoms with Crippen LogP contribution in [-0.2, 0) is 19.6 Å². The monoisotopic (exact) mass is 385 g/mol. The van der Waals surface area contributed by atoms with Crippen LogP contribution in [0, 0.1) is 0 Å². The third-order valence-electron chi connectivity index (χ3n) is 4.23. The number of carbonyl (C=O) groups excluding carboxylic acids is 1. The van der Waals surface area contributed by atoms with Gasteiger partial charge in [0.2, 0.25) is 15.9 Å². The molecule has 9 heteroatoms. The van der Waals surface area contributed by atoms with Gasteiger partial charge in [-0.3, -0.25) is 4.79 Å². The fraction of sp³-hybridized carbons (Fsp3) is 0.588. The molecule has 0 radical (unpaired) electrons. The number of nitrogens with zero attached hydrogens (tertiary/aromatic N) is 2. The predicted octanol–water partition coefficient (Wildman–Crippen LogP) is 0.154. The van der Waals surface area contributed by atoms with E-state index in [1.807, 2.05) is 0 Å². The second kappa shape index (κ2) is 9.86. The summed E-state index contributed by atoms with van der Waals surface area (Å²) in [7, 11) is -0.697. The van der Waals surface area contributed by atoms with Crippen molar-refractivity contribution in [3.05, 3.63) is 24.3 Å². The number of carbonyl (C=O) groups is 1. The van der Waals surface area contributed by atoms with Crippen molar-refractivity contribution in [1.29, 1.82) is 0 Å². The van der Waals surface area contributed by atoms with Crippen molar-refractivity contribution in [2.45, 2.75) is 11.3 Å². The topological polar surface area (TPSA) is 88.2 Å². The minimum Gasteiger partial charge on any atom is -0.497 e. The van der Waals surface area contributed by atoms with Crippen LogP contribution in [0.15, 0.2) is 29.2 Å². The zero-order valence-electron chi connectivity index (χ0n) is 15.3. The average molecular weight is 385 g/mol. The van der Waals surface area contributed by atoms with Gasteiger partial charge in [-0.2, -0.15) is 4.31 Å². The molecule has 0 unspecified atom stereocenters. The van der Waals surface area contributed by atoms with E-state index in [2.05, 4.69) is 5.32 Å². The highest BCUT2D eigenvalue weighted by molar-refractivity contribution is 7.89. The summed E-state index contributed by atoms with van der Waals surface area (Å²) in [5, 5.41) is 3.18. The summed E-state index contributed by atoms with van der Waals surface area (Å²) in [5.41, 5.74) is 0. The molecular weight excluding hydrogens is 358 g/mol. The molecule has 1 aliphatic rings. The van der Waals surface area contributed by atoms with E-state index in [1.54, 1.807) is 24.1 Å². The maximum Gasteiger partial charge on any atom is 0.243 e. The maximum absolute atomic E-state index is 13.0. The molecule has 2 rings (SSSR count). The second-order valence-electron chi connectivity index (χ2n) is 5.99. The predicted molar refractivity (Wildman–Crippen MR) is 97.7 cm³/mol. The van der Waals surface area contributed by atoms with Gasteiger partial charge >= 0.3 is 0 Å². The Morgan fingerprint density at radius 1 is 1.19 bits per heavy atom. The van der Waals surface area contributed by atoms with Crippen LogP contribution in [0.25, 0.3) is 0 Å². The molecule has 1 amide bonds. The zero-order chi connectivity index (χ0) is 19.0. The Hall–Kier alpha value is -1.68. The fourth-order valence-corrected chi connectivity index (χ4v) is 4.16. The molecule has 1 aliphatic heterocycles. The number of piperazine rings is 1. The Kier molecular flexibility index (Phi) is 7.83. The summed E-state index contributed by atoms with van der Waals surface area (Å²) in [4.78, 5) is 14.4. The van der Waals surface area contributed by atoms with Crippen LogP contribution in [0.3, 0.4) is 0 Å². The molecule has 0 aromatic heterocycles. The molecule has 1 N–H and O–H groups in total. The normalized spacial score (nSPS) is 15.3. The van der Waals surface area contributed by atoms with Gasteiger partial charge in [-0.25, -0.2) is 8.42 Å². The highest BCUT2D eigenvalue weighted by Gasteiger charge is 2.28. The molecule has 1 saturated heterocycles. The number of ether oxygens (including phenoxy) is 2. The Bertz CT molecular complexity index is 672. The first-order chi connectivity index (χ1) is 12.5. The number of amides is 1. The third-order valence-corrected chi connectivity index (χ3v) is 6.09. The van der Waals surface area contributed by atoms with E-state index in [0.717, 1.165) is 13.1 Å². The SMILES string of the molecule is COCCCN(CC(=O)N1CCNCC1)S(=O)(=O)c1ccc(OC)cc1. The first-order valence-electron chi connectivity index (χ1n) is 8.60. The van der Waals surface area contributed by atoms with Crippen LogP contribution in [0.2, 0.25) is 0 Å². The quantitative estimate of drug-likeness (QED) is 0.609. The summed E-state index contributed by atoms with van der Waals surface area (Å²) in [6.45, 7) is 3.11. The molecule has 0 bridgehead atoms. The van der Waals surface area contributed by atoms with E-state index < -0.39 is 10.0 Å². The molecule has 0 saturated carbocycles. The van der Waals surface area contributed by atoms with Gasteiger partial charge in [0.15, 0.2) is 0 Å². The van der Waals surface area contributed by atoms with E-state index in [0.29, 0.717) is 31.9 Å². The van der Waals surface area contributed by atoms with Crippen molar-refractivity contribution in [1.82, 2.24) is 14.5 Å². The fourth-order valence-electron chi connectivity index (χ4n) is 2.73. The number of methoxy groups -OCH3 is 2. The minimum atomic E-state index is -3.78. The maximum atomic E-state index is 13.0. The number of sulfonamides is 1. The van der Waals surface area contributed by atoms with Gasteiger partial charge in [0.25, 0.3) is 0 Å². The smallest absolute Gasteiger partial charge is 0.243 e. The number of hydrogen-bond acceptors (Lipinski definition) is 6. The summed E-state index contributed by atoms with van der Waals surface area (Å²) in [5.74, 6) is 0.396. The van der Waals surface area contributed by atoms with Gasteiger partial charge < -0.3 is 19.7 Å². The van der Waals surface area contributed by atoms with Crippen molar-refractivity contribution >= 4 is 15.9 Å². The standard InChI is InChI=1S/C17H27N3O5S/c1-24-13-3-10-20(14-17(21)19-11-8-18-9-12-19)26(22,23)16-6-4-15(25-2)5-7-16/h4-7,18H,3,8-14H2,1-2H3. The summed E-state index contributed by atoms with van der Waals surface area (Å²) in [6.07, 6.45) is 0.515. The third kappa shape index (κ3) is 5.41. The van der Waals surface area contributed by atoms with E-state index in [4.69, 9.17) is 9.47 Å². The minimum absolute atomic E-state index is 0.142. The van der Waals surface area contributed by atoms with Crippen molar-refractivity contribution in [2.24, 2.45) is 0 Å². The molecule has 1 fully saturated rings. The summed E-state index contributed by atoms with van der Waals surface area (Å²) in [6, 6.07) is 6.18. The molecule has 146 valence electrons. The molecule has 8 nitrogen and oxygen atoms in total. The molecule has 1 aromatic rings. The average Bonchev–Trinajstić information content (AvgIpc) is 2.68. The lowest BCUT2D eigenvalue weighted by Crippen LogP contribution is -2.50. The first kappa shape index (κ1) is 20.6. The van der Waals surface area contributed by atoms with E-state index in [-0.39, 0.29) is 23.9 Å². The second-order valence-corrected chi connectivity index (χ2v) is 7.93. The Morgan fingerprint density at radius 3 is 2.42 bits per heavy atom. The van der Waals surface area contributed by atoms with Gasteiger partial charge in [0, 0.05) is 46.4 Å².